The van der Waals surface area contributed by atoms with Crippen molar-refractivity contribution in [1.82, 2.24) is 5.06 Å². The van der Waals surface area contributed by atoms with E-state index in [9.17, 15) is 9.90 Å². The van der Waals surface area contributed by atoms with Gasteiger partial charge in [-0.05, 0) is 19.4 Å². The molecule has 1 aromatic carbocycles. The summed E-state index contributed by atoms with van der Waals surface area (Å²) in [6.45, 7) is 4.53. The number of rotatable bonds is 5. The second-order valence-electron chi connectivity index (χ2n) is 5.07. The lowest BCUT2D eigenvalue weighted by Crippen LogP contribution is -2.53. The Morgan fingerprint density at radius 2 is 2.20 bits per heavy atom. The maximum atomic E-state index is 12.3. The average Bonchev–Trinajstić information content (AvgIpc) is 2.78. The van der Waals surface area contributed by atoms with Crippen LogP contribution in [0.2, 0.25) is 0 Å². The Balaban J connectivity index is 2.20. The molecule has 0 aliphatic carbocycles. The van der Waals surface area contributed by atoms with E-state index in [1.807, 2.05) is 30.3 Å². The topological polar surface area (TPSA) is 59.0 Å². The minimum Gasteiger partial charge on any atom is -0.465 e. The summed E-state index contributed by atoms with van der Waals surface area (Å²) in [5.41, 5.74) is 0.0854. The van der Waals surface area contributed by atoms with E-state index in [4.69, 9.17) is 9.57 Å². The summed E-state index contributed by atoms with van der Waals surface area (Å²) in [7, 11) is 0. The molecule has 0 amide bonds. The molecule has 0 bridgehead atoms. The van der Waals surface area contributed by atoms with Gasteiger partial charge in [0.15, 0.2) is 0 Å². The van der Waals surface area contributed by atoms with Crippen molar-refractivity contribution in [3.63, 3.8) is 0 Å². The van der Waals surface area contributed by atoms with Crippen LogP contribution in [0, 0.1) is 5.92 Å². The zero-order valence-electron chi connectivity index (χ0n) is 11.9. The zero-order valence-corrected chi connectivity index (χ0v) is 11.9. The van der Waals surface area contributed by atoms with Crippen molar-refractivity contribution < 1.29 is 19.5 Å². The molecule has 1 N–H and O–H groups in total. The highest BCUT2D eigenvalue weighted by atomic mass is 16.7. The smallest absolute Gasteiger partial charge is 0.329 e. The highest BCUT2D eigenvalue weighted by Crippen LogP contribution is 2.35. The normalized spacial score (nSPS) is 26.6. The molecule has 1 aliphatic rings. The maximum absolute atomic E-state index is 12.3. The van der Waals surface area contributed by atoms with Crippen LogP contribution in [0.1, 0.15) is 19.4 Å². The van der Waals surface area contributed by atoms with E-state index in [0.29, 0.717) is 19.8 Å². The molecule has 1 fully saturated rings. The van der Waals surface area contributed by atoms with Crippen molar-refractivity contribution in [3.05, 3.63) is 35.9 Å². The largest absolute Gasteiger partial charge is 0.465 e. The molecule has 5 heteroatoms. The lowest BCUT2D eigenvalue weighted by atomic mass is 9.87. The lowest BCUT2D eigenvalue weighted by molar-refractivity contribution is -0.194. The van der Waals surface area contributed by atoms with Gasteiger partial charge in [0.1, 0.15) is 5.54 Å². The van der Waals surface area contributed by atoms with Crippen LogP contribution in [-0.2, 0) is 20.9 Å². The predicted octanol–water partition coefficient (Wildman–Crippen LogP) is 1.36. The van der Waals surface area contributed by atoms with Crippen LogP contribution in [0.4, 0.5) is 0 Å². The van der Waals surface area contributed by atoms with Gasteiger partial charge in [0, 0.05) is 5.92 Å². The Morgan fingerprint density at radius 1 is 1.50 bits per heavy atom. The van der Waals surface area contributed by atoms with Crippen molar-refractivity contribution in [3.8, 4) is 0 Å². The second-order valence-corrected chi connectivity index (χ2v) is 5.07. The van der Waals surface area contributed by atoms with Crippen LogP contribution in [0.3, 0.4) is 0 Å². The first-order valence-electron chi connectivity index (χ1n) is 6.85. The van der Waals surface area contributed by atoms with Crippen LogP contribution in [0.25, 0.3) is 0 Å². The third-order valence-corrected chi connectivity index (χ3v) is 3.82. The highest BCUT2D eigenvalue weighted by Gasteiger charge is 2.53. The van der Waals surface area contributed by atoms with Crippen molar-refractivity contribution >= 4 is 5.97 Å². The van der Waals surface area contributed by atoms with Crippen LogP contribution in [0.5, 0.6) is 0 Å². The van der Waals surface area contributed by atoms with E-state index in [-0.39, 0.29) is 18.5 Å². The Morgan fingerprint density at radius 3 is 2.80 bits per heavy atom. The summed E-state index contributed by atoms with van der Waals surface area (Å²) in [5.74, 6) is -0.641. The fourth-order valence-corrected chi connectivity index (χ4v) is 2.42. The lowest BCUT2D eigenvalue weighted by Gasteiger charge is -2.33. The Hall–Kier alpha value is -1.43. The fraction of sp³-hybridized carbons (Fsp3) is 0.533. The third-order valence-electron chi connectivity index (χ3n) is 3.82. The van der Waals surface area contributed by atoms with Gasteiger partial charge in [-0.1, -0.05) is 30.3 Å². The van der Waals surface area contributed by atoms with Gasteiger partial charge in [0.25, 0.3) is 0 Å². The molecule has 1 saturated heterocycles. The molecule has 0 aromatic heterocycles. The summed E-state index contributed by atoms with van der Waals surface area (Å²) in [5, 5.41) is 11.1. The first kappa shape index (κ1) is 15.0. The van der Waals surface area contributed by atoms with E-state index in [1.54, 1.807) is 18.9 Å². The van der Waals surface area contributed by atoms with Gasteiger partial charge in [-0.2, -0.15) is 5.06 Å². The van der Waals surface area contributed by atoms with Crippen molar-refractivity contribution in [1.29, 1.82) is 0 Å². The third kappa shape index (κ3) is 2.70. The number of hydrogen-bond donors (Lipinski definition) is 1. The SMILES string of the molecule is CCOC(=O)[C@@]1(C)[C@H](CO)CON1Cc1ccccc1. The molecule has 2 atom stereocenters. The van der Waals surface area contributed by atoms with Crippen LogP contribution >= 0.6 is 0 Å². The molecule has 1 aromatic rings. The van der Waals surface area contributed by atoms with Crippen molar-refractivity contribution in [2.75, 3.05) is 19.8 Å². The summed E-state index contributed by atoms with van der Waals surface area (Å²) in [6, 6.07) is 9.77. The molecule has 110 valence electrons. The molecule has 2 rings (SSSR count). The summed E-state index contributed by atoms with van der Waals surface area (Å²) >= 11 is 0. The minimum absolute atomic E-state index is 0.111. The quantitative estimate of drug-likeness (QED) is 0.825. The molecule has 5 nitrogen and oxygen atoms in total. The van der Waals surface area contributed by atoms with Crippen LogP contribution in [-0.4, -0.2) is 41.5 Å². The summed E-state index contributed by atoms with van der Waals surface area (Å²) in [6.07, 6.45) is 0. The Labute approximate surface area is 119 Å². The van der Waals surface area contributed by atoms with Gasteiger partial charge >= 0.3 is 5.97 Å². The minimum atomic E-state index is -0.958. The molecule has 0 saturated carbocycles. The summed E-state index contributed by atoms with van der Waals surface area (Å²) in [4.78, 5) is 17.9. The van der Waals surface area contributed by atoms with Crippen LogP contribution < -0.4 is 0 Å². The van der Waals surface area contributed by atoms with Crippen molar-refractivity contribution in [2.45, 2.75) is 25.9 Å². The number of hydroxylamine groups is 2. The van der Waals surface area contributed by atoms with Gasteiger partial charge in [-0.25, -0.2) is 4.79 Å². The number of aliphatic hydroxyl groups is 1. The van der Waals surface area contributed by atoms with Gasteiger partial charge in [-0.15, -0.1) is 0 Å². The van der Waals surface area contributed by atoms with E-state index >= 15 is 0 Å². The van der Waals surface area contributed by atoms with E-state index < -0.39 is 5.54 Å². The molecule has 1 aliphatic heterocycles. The first-order chi connectivity index (χ1) is 9.62. The highest BCUT2D eigenvalue weighted by molar-refractivity contribution is 5.81. The molecule has 1 heterocycles. The molecular weight excluding hydrogens is 258 g/mol. The van der Waals surface area contributed by atoms with Gasteiger partial charge in [0.2, 0.25) is 0 Å². The Kier molecular flexibility index (Phi) is 4.75. The number of hydrogen-bond acceptors (Lipinski definition) is 5. The fourth-order valence-electron chi connectivity index (χ4n) is 2.42. The number of esters is 1. The van der Waals surface area contributed by atoms with Gasteiger partial charge in [-0.3, -0.25) is 4.84 Å². The molecule has 0 spiro atoms. The van der Waals surface area contributed by atoms with Crippen LogP contribution in [0.15, 0.2) is 30.3 Å². The van der Waals surface area contributed by atoms with Crippen molar-refractivity contribution in [2.24, 2.45) is 5.92 Å². The number of ether oxygens (including phenoxy) is 1. The first-order valence-corrected chi connectivity index (χ1v) is 6.85. The predicted molar refractivity (Wildman–Crippen MR) is 73.6 cm³/mol. The molecule has 0 unspecified atom stereocenters. The average molecular weight is 279 g/mol. The number of carbonyl (C=O) groups excluding carboxylic acids is 1. The van der Waals surface area contributed by atoms with E-state index in [2.05, 4.69) is 0 Å². The van der Waals surface area contributed by atoms with E-state index in [1.165, 1.54) is 0 Å². The van der Waals surface area contributed by atoms with Gasteiger partial charge in [0.05, 0.1) is 26.4 Å². The standard InChI is InChI=1S/C15H21NO4/c1-3-19-14(18)15(2)13(10-17)11-20-16(15)9-12-7-5-4-6-8-12/h4-8,13,17H,3,9-11H2,1-2H3/t13-,15-/m1/s1. The molecule has 0 radical (unpaired) electrons. The number of carbonyl (C=O) groups is 1. The monoisotopic (exact) mass is 279 g/mol. The number of aliphatic hydroxyl groups excluding tert-OH is 1. The molecular formula is C15H21NO4. The Bertz CT molecular complexity index is 450. The van der Waals surface area contributed by atoms with E-state index in [0.717, 1.165) is 5.56 Å². The maximum Gasteiger partial charge on any atom is 0.329 e. The number of benzene rings is 1. The second kappa shape index (κ2) is 6.35. The summed E-state index contributed by atoms with van der Waals surface area (Å²) < 4.78 is 5.16. The molecule has 20 heavy (non-hydrogen) atoms. The number of nitrogens with zero attached hydrogens (tertiary/aromatic N) is 1. The zero-order chi connectivity index (χ0) is 14.6. The van der Waals surface area contributed by atoms with Gasteiger partial charge < -0.3 is 9.84 Å².